The number of carbonyl (C=O) groups excluding carboxylic acids is 2. The van der Waals surface area contributed by atoms with E-state index < -0.39 is 11.5 Å². The summed E-state index contributed by atoms with van der Waals surface area (Å²) in [6, 6.07) is 12.6. The molecular formula is C27H30Cl2N2O2. The summed E-state index contributed by atoms with van der Waals surface area (Å²) in [5, 5.41) is 7.44. The number of nitrogens with one attached hydrogen (secondary N) is 2. The smallest absolute Gasteiger partial charge is 0.238 e. The van der Waals surface area contributed by atoms with Crippen molar-refractivity contribution in [1.82, 2.24) is 5.32 Å². The van der Waals surface area contributed by atoms with Gasteiger partial charge in [-0.3, -0.25) is 9.59 Å². The number of fused-ring (bicyclic) bond motifs is 2. The van der Waals surface area contributed by atoms with Gasteiger partial charge >= 0.3 is 0 Å². The third-order valence-corrected chi connectivity index (χ3v) is 7.30. The van der Waals surface area contributed by atoms with Gasteiger partial charge in [0, 0.05) is 28.1 Å². The molecule has 0 unspecified atom stereocenters. The van der Waals surface area contributed by atoms with Crippen LogP contribution in [0, 0.1) is 11.8 Å². The number of hydrogen-bond donors (Lipinski definition) is 2. The zero-order chi connectivity index (χ0) is 23.9. The highest BCUT2D eigenvalue weighted by Gasteiger charge is 2.61. The molecule has 3 atom stereocenters. The second kappa shape index (κ2) is 9.15. The first-order valence-electron chi connectivity index (χ1n) is 11.5. The van der Waals surface area contributed by atoms with Gasteiger partial charge < -0.3 is 10.6 Å². The molecule has 4 rings (SSSR count). The van der Waals surface area contributed by atoms with E-state index in [4.69, 9.17) is 23.2 Å². The van der Waals surface area contributed by atoms with Crippen LogP contribution in [0.4, 0.5) is 5.69 Å². The lowest BCUT2D eigenvalue weighted by Gasteiger charge is -2.48. The Morgan fingerprint density at radius 3 is 2.48 bits per heavy atom. The second-order valence-corrected chi connectivity index (χ2v) is 10.7. The number of amides is 2. The van der Waals surface area contributed by atoms with Gasteiger partial charge in [0.05, 0.1) is 6.04 Å². The Hall–Kier alpha value is -2.30. The predicted octanol–water partition coefficient (Wildman–Crippen LogP) is 6.48. The first kappa shape index (κ1) is 23.8. The molecule has 2 N–H and O–H groups in total. The van der Waals surface area contributed by atoms with Crippen molar-refractivity contribution in [2.75, 3.05) is 5.32 Å². The summed E-state index contributed by atoms with van der Waals surface area (Å²) in [6.07, 6.45) is 3.28. The largest absolute Gasteiger partial charge is 0.348 e. The Morgan fingerprint density at radius 2 is 1.82 bits per heavy atom. The number of rotatable bonds is 5. The zero-order valence-corrected chi connectivity index (χ0v) is 20.9. The summed E-state index contributed by atoms with van der Waals surface area (Å²) in [5.41, 5.74) is 2.51. The Morgan fingerprint density at radius 1 is 1.09 bits per heavy atom. The zero-order valence-electron chi connectivity index (χ0n) is 19.4. The van der Waals surface area contributed by atoms with Crippen LogP contribution < -0.4 is 10.6 Å². The van der Waals surface area contributed by atoms with Crippen molar-refractivity contribution in [2.45, 2.75) is 57.9 Å². The van der Waals surface area contributed by atoms with E-state index in [1.54, 1.807) is 6.07 Å². The van der Waals surface area contributed by atoms with Gasteiger partial charge in [0.25, 0.3) is 0 Å². The lowest BCUT2D eigenvalue weighted by Crippen LogP contribution is -2.63. The second-order valence-electron chi connectivity index (χ2n) is 9.81. The molecule has 2 aromatic carbocycles. The van der Waals surface area contributed by atoms with E-state index in [1.807, 2.05) is 36.4 Å². The molecule has 2 aliphatic rings. The van der Waals surface area contributed by atoms with Gasteiger partial charge in [-0.25, -0.2) is 0 Å². The van der Waals surface area contributed by atoms with E-state index in [-0.39, 0.29) is 30.1 Å². The maximum Gasteiger partial charge on any atom is 0.238 e. The number of carbonyl (C=O) groups is 2. The molecule has 2 aromatic rings. The molecule has 0 aliphatic carbocycles. The van der Waals surface area contributed by atoms with Crippen LogP contribution in [0.2, 0.25) is 10.0 Å². The monoisotopic (exact) mass is 484 g/mol. The van der Waals surface area contributed by atoms with E-state index >= 15 is 0 Å². The van der Waals surface area contributed by atoms with Crippen molar-refractivity contribution in [3.8, 4) is 0 Å². The van der Waals surface area contributed by atoms with E-state index in [9.17, 15) is 9.59 Å². The van der Waals surface area contributed by atoms with Crippen molar-refractivity contribution in [3.63, 3.8) is 0 Å². The first-order valence-corrected chi connectivity index (χ1v) is 12.3. The molecule has 6 heteroatoms. The number of piperidine rings is 1. The van der Waals surface area contributed by atoms with Crippen LogP contribution in [0.3, 0.4) is 0 Å². The van der Waals surface area contributed by atoms with Gasteiger partial charge in [-0.2, -0.15) is 0 Å². The van der Waals surface area contributed by atoms with Crippen LogP contribution in [0.1, 0.15) is 57.6 Å². The molecule has 1 spiro atoms. The van der Waals surface area contributed by atoms with Crippen LogP contribution >= 0.6 is 23.2 Å². The Kier molecular flexibility index (Phi) is 6.61. The van der Waals surface area contributed by atoms with Crippen molar-refractivity contribution in [1.29, 1.82) is 0 Å². The lowest BCUT2D eigenvalue weighted by atomic mass is 9.58. The maximum atomic E-state index is 14.0. The van der Waals surface area contributed by atoms with Crippen LogP contribution in [-0.4, -0.2) is 17.9 Å². The highest BCUT2D eigenvalue weighted by atomic mass is 35.5. The van der Waals surface area contributed by atoms with Crippen molar-refractivity contribution in [2.24, 2.45) is 11.8 Å². The Balaban J connectivity index is 2.01. The number of anilines is 1. The minimum atomic E-state index is -1.01. The third kappa shape index (κ3) is 4.20. The van der Waals surface area contributed by atoms with E-state index in [1.165, 1.54) is 0 Å². The molecule has 2 amide bonds. The molecule has 33 heavy (non-hydrogen) atoms. The van der Waals surface area contributed by atoms with Crippen LogP contribution in [0.25, 0.3) is 0 Å². The van der Waals surface area contributed by atoms with Gasteiger partial charge in [0.2, 0.25) is 11.8 Å². The van der Waals surface area contributed by atoms with E-state index in [0.29, 0.717) is 21.7 Å². The Labute approximate surface area is 205 Å². The molecule has 0 radical (unpaired) electrons. The minimum Gasteiger partial charge on any atom is -0.348 e. The normalized spacial score (nSPS) is 24.9. The number of benzene rings is 2. The third-order valence-electron chi connectivity index (χ3n) is 6.83. The molecule has 4 nitrogen and oxygen atoms in total. The van der Waals surface area contributed by atoms with E-state index in [0.717, 1.165) is 23.1 Å². The fourth-order valence-corrected chi connectivity index (χ4v) is 5.72. The van der Waals surface area contributed by atoms with Gasteiger partial charge in [-0.1, -0.05) is 75.2 Å². The van der Waals surface area contributed by atoms with Gasteiger partial charge in [0.15, 0.2) is 0 Å². The topological polar surface area (TPSA) is 58.2 Å². The fraction of sp³-hybridized carbons (Fsp3) is 0.407. The molecule has 0 saturated carbocycles. The van der Waals surface area contributed by atoms with Gasteiger partial charge in [-0.05, 0) is 59.2 Å². The van der Waals surface area contributed by atoms with Crippen LogP contribution in [0.5, 0.6) is 0 Å². The summed E-state index contributed by atoms with van der Waals surface area (Å²) < 4.78 is 0. The molecule has 2 heterocycles. The summed E-state index contributed by atoms with van der Waals surface area (Å²) in [7, 11) is 0. The summed E-state index contributed by atoms with van der Waals surface area (Å²) in [5.74, 6) is 0.0423. The number of halogens is 2. The molecule has 2 aliphatic heterocycles. The van der Waals surface area contributed by atoms with E-state index in [2.05, 4.69) is 44.4 Å². The van der Waals surface area contributed by atoms with Crippen molar-refractivity contribution < 1.29 is 9.59 Å². The quantitative estimate of drug-likeness (QED) is 0.476. The average Bonchev–Trinajstić information content (AvgIpc) is 3.01. The fourth-order valence-electron chi connectivity index (χ4n) is 5.35. The summed E-state index contributed by atoms with van der Waals surface area (Å²) in [4.78, 5) is 27.1. The molecular weight excluding hydrogens is 455 g/mol. The summed E-state index contributed by atoms with van der Waals surface area (Å²) in [6.45, 7) is 8.56. The standard InChI is InChI=1S/C27H30Cl2N2O2/c1-15(2)8-10-20(16(3)4)25-27(21-11-9-19(29)13-23(21)30-26(27)33)22(14-24(32)31-25)17-6-5-7-18(28)12-17/h5-7,9-13,15-16,22,25H,8,14H2,1-4H3,(H,30,33)(H,31,32)/b20-10+/t22-,25+,27-/m0/s1. The van der Waals surface area contributed by atoms with Crippen LogP contribution in [0.15, 0.2) is 54.1 Å². The molecule has 1 saturated heterocycles. The SMILES string of the molecule is CC(C)C/C=C(\C(C)C)[C@H]1NC(=O)C[C@@H](c2cccc(Cl)c2)[C@]12C(=O)Nc1cc(Cl)ccc12. The van der Waals surface area contributed by atoms with Crippen molar-refractivity contribution in [3.05, 3.63) is 75.3 Å². The molecule has 1 fully saturated rings. The highest BCUT2D eigenvalue weighted by Crippen LogP contribution is 2.55. The highest BCUT2D eigenvalue weighted by molar-refractivity contribution is 6.31. The first-order chi connectivity index (χ1) is 15.6. The number of hydrogen-bond acceptors (Lipinski definition) is 2. The van der Waals surface area contributed by atoms with Crippen LogP contribution in [-0.2, 0) is 15.0 Å². The molecule has 0 bridgehead atoms. The van der Waals surface area contributed by atoms with Gasteiger partial charge in [-0.15, -0.1) is 0 Å². The molecule has 0 aromatic heterocycles. The number of allylic oxidation sites excluding steroid dienone is 1. The summed E-state index contributed by atoms with van der Waals surface area (Å²) >= 11 is 12.6. The average molecular weight is 485 g/mol. The molecule has 174 valence electrons. The van der Waals surface area contributed by atoms with Crippen molar-refractivity contribution >= 4 is 40.7 Å². The minimum absolute atomic E-state index is 0.0677. The maximum absolute atomic E-state index is 14.0. The predicted molar refractivity (Wildman–Crippen MR) is 135 cm³/mol. The Bertz CT molecular complexity index is 1120. The van der Waals surface area contributed by atoms with Gasteiger partial charge in [0.1, 0.15) is 5.41 Å². The lowest BCUT2D eigenvalue weighted by molar-refractivity contribution is -0.130.